The van der Waals surface area contributed by atoms with Crippen molar-refractivity contribution in [2.75, 3.05) is 13.2 Å². The number of hydrogen-bond acceptors (Lipinski definition) is 4. The van der Waals surface area contributed by atoms with E-state index in [1.807, 2.05) is 0 Å². The van der Waals surface area contributed by atoms with Crippen molar-refractivity contribution in [3.8, 4) is 0 Å². The second-order valence-corrected chi connectivity index (χ2v) is 3.05. The van der Waals surface area contributed by atoms with E-state index in [0.717, 1.165) is 6.42 Å². The first-order valence-electron chi connectivity index (χ1n) is 4.87. The van der Waals surface area contributed by atoms with Crippen LogP contribution in [0.25, 0.3) is 0 Å². The minimum atomic E-state index is -1.10. The van der Waals surface area contributed by atoms with Gasteiger partial charge in [0.05, 0.1) is 25.9 Å². The molecular weight excluding hydrogens is 212 g/mol. The van der Waals surface area contributed by atoms with Gasteiger partial charge in [-0.2, -0.15) is 0 Å². The van der Waals surface area contributed by atoms with Crippen molar-refractivity contribution >= 4 is 11.9 Å². The number of unbranched alkanes of at least 4 members (excludes halogenated alkanes) is 1. The van der Waals surface area contributed by atoms with E-state index in [-0.39, 0.29) is 12.2 Å². The summed E-state index contributed by atoms with van der Waals surface area (Å²) in [5.41, 5.74) is -0.0464. The number of carbonyl (C=O) groups excluding carboxylic acids is 1. The lowest BCUT2D eigenvalue weighted by Crippen LogP contribution is -2.11. The summed E-state index contributed by atoms with van der Waals surface area (Å²) in [5, 5.41) is 8.41. The average molecular weight is 228 g/mol. The second kappa shape index (κ2) is 8.52. The van der Waals surface area contributed by atoms with Crippen LogP contribution in [-0.2, 0) is 19.1 Å². The second-order valence-electron chi connectivity index (χ2n) is 3.05. The van der Waals surface area contributed by atoms with Gasteiger partial charge in [0.15, 0.2) is 0 Å². The van der Waals surface area contributed by atoms with Gasteiger partial charge in [-0.3, -0.25) is 4.79 Å². The smallest absolute Gasteiger partial charge is 0.333 e. The zero-order valence-electron chi connectivity index (χ0n) is 9.11. The molecule has 90 valence electrons. The molecule has 0 aliphatic rings. The number of ether oxygens (including phenoxy) is 2. The number of carboxylic acid groups (broad SMARTS) is 1. The van der Waals surface area contributed by atoms with Crippen LogP contribution < -0.4 is 0 Å². The highest BCUT2D eigenvalue weighted by Crippen LogP contribution is 2.02. The predicted molar refractivity (Wildman–Crippen MR) is 57.7 cm³/mol. The molecule has 0 rings (SSSR count). The first kappa shape index (κ1) is 14.2. The van der Waals surface area contributed by atoms with Gasteiger partial charge in [0.1, 0.15) is 0 Å². The highest BCUT2D eigenvalue weighted by Gasteiger charge is 2.11. The fraction of sp³-hybridized carbons (Fsp3) is 0.455. The van der Waals surface area contributed by atoms with Crippen LogP contribution >= 0.6 is 0 Å². The number of aliphatic carboxylic acids is 1. The Balaban J connectivity index is 3.53. The van der Waals surface area contributed by atoms with Crippen LogP contribution in [-0.4, -0.2) is 30.3 Å². The lowest BCUT2D eigenvalue weighted by atomic mass is 10.2. The fourth-order valence-electron chi connectivity index (χ4n) is 0.892. The number of carboxylic acids is 1. The molecule has 0 saturated carbocycles. The minimum absolute atomic E-state index is 0.0464. The van der Waals surface area contributed by atoms with Crippen molar-refractivity contribution in [1.29, 1.82) is 0 Å². The van der Waals surface area contributed by atoms with Gasteiger partial charge < -0.3 is 14.6 Å². The largest absolute Gasteiger partial charge is 0.502 e. The molecule has 0 unspecified atom stereocenters. The van der Waals surface area contributed by atoms with E-state index in [1.165, 1.54) is 6.26 Å². The summed E-state index contributed by atoms with van der Waals surface area (Å²) in [4.78, 5) is 21.4. The topological polar surface area (TPSA) is 72.8 Å². The lowest BCUT2D eigenvalue weighted by Gasteiger charge is -2.05. The van der Waals surface area contributed by atoms with E-state index in [4.69, 9.17) is 14.6 Å². The van der Waals surface area contributed by atoms with E-state index < -0.39 is 18.4 Å². The van der Waals surface area contributed by atoms with E-state index >= 15 is 0 Å². The molecule has 0 saturated heterocycles. The van der Waals surface area contributed by atoms with Gasteiger partial charge in [0.2, 0.25) is 0 Å². The summed E-state index contributed by atoms with van der Waals surface area (Å²) in [6.45, 7) is 7.47. The third kappa shape index (κ3) is 7.61. The van der Waals surface area contributed by atoms with E-state index in [2.05, 4.69) is 13.2 Å². The normalized spacial score (nSPS) is 9.25. The third-order valence-electron chi connectivity index (χ3n) is 1.66. The van der Waals surface area contributed by atoms with Crippen molar-refractivity contribution in [3.63, 3.8) is 0 Å². The van der Waals surface area contributed by atoms with Crippen molar-refractivity contribution < 1.29 is 24.2 Å². The molecule has 0 aliphatic carbocycles. The van der Waals surface area contributed by atoms with Gasteiger partial charge in [0, 0.05) is 5.57 Å². The molecule has 0 radical (unpaired) electrons. The van der Waals surface area contributed by atoms with Gasteiger partial charge in [-0.15, -0.1) is 0 Å². The fourth-order valence-corrected chi connectivity index (χ4v) is 0.892. The van der Waals surface area contributed by atoms with Crippen LogP contribution in [0.3, 0.4) is 0 Å². The highest BCUT2D eigenvalue weighted by molar-refractivity contribution is 5.92. The maximum Gasteiger partial charge on any atom is 0.333 e. The van der Waals surface area contributed by atoms with E-state index in [0.29, 0.717) is 13.0 Å². The molecule has 0 aromatic heterocycles. The molecule has 0 fully saturated rings. The number of esters is 1. The molecule has 0 bridgehead atoms. The van der Waals surface area contributed by atoms with Crippen molar-refractivity contribution in [1.82, 2.24) is 0 Å². The average Bonchev–Trinajstić information content (AvgIpc) is 2.21. The van der Waals surface area contributed by atoms with Gasteiger partial charge in [0.25, 0.3) is 0 Å². The van der Waals surface area contributed by atoms with Crippen LogP contribution in [0.1, 0.15) is 19.3 Å². The van der Waals surface area contributed by atoms with Crippen molar-refractivity contribution in [3.05, 3.63) is 25.0 Å². The Bertz CT molecular complexity index is 270. The van der Waals surface area contributed by atoms with Crippen LogP contribution in [0.4, 0.5) is 0 Å². The summed E-state index contributed by atoms with van der Waals surface area (Å²) < 4.78 is 9.67. The summed E-state index contributed by atoms with van der Waals surface area (Å²) in [6, 6.07) is 0. The number of carbonyl (C=O) groups is 2. The predicted octanol–water partition coefficient (Wildman–Crippen LogP) is 1.50. The molecule has 0 amide bonds. The Morgan fingerprint density at radius 1 is 1.25 bits per heavy atom. The summed E-state index contributed by atoms with van der Waals surface area (Å²) in [7, 11) is 0. The first-order valence-corrected chi connectivity index (χ1v) is 4.87. The Labute approximate surface area is 94.4 Å². The summed E-state index contributed by atoms with van der Waals surface area (Å²) >= 11 is 0. The zero-order valence-corrected chi connectivity index (χ0v) is 9.11. The quantitative estimate of drug-likeness (QED) is 0.280. The lowest BCUT2D eigenvalue weighted by molar-refractivity contribution is -0.142. The third-order valence-corrected chi connectivity index (χ3v) is 1.66. The molecule has 5 heteroatoms. The van der Waals surface area contributed by atoms with Crippen molar-refractivity contribution in [2.45, 2.75) is 19.3 Å². The van der Waals surface area contributed by atoms with Crippen molar-refractivity contribution in [2.24, 2.45) is 0 Å². The Kier molecular flexibility index (Phi) is 7.57. The standard InChI is InChI=1S/C11H16O5/c1-3-15-6-4-5-7-16-11(14)9(2)8-10(12)13/h3H,1-2,4-8H2,(H,12,13). The van der Waals surface area contributed by atoms with Crippen LogP contribution in [0.2, 0.25) is 0 Å². The molecule has 0 atom stereocenters. The van der Waals surface area contributed by atoms with Gasteiger partial charge in [-0.25, -0.2) is 4.79 Å². The molecule has 16 heavy (non-hydrogen) atoms. The van der Waals surface area contributed by atoms with E-state index in [1.54, 1.807) is 0 Å². The molecule has 5 nitrogen and oxygen atoms in total. The van der Waals surface area contributed by atoms with Crippen LogP contribution in [0.5, 0.6) is 0 Å². The van der Waals surface area contributed by atoms with Gasteiger partial charge >= 0.3 is 11.9 Å². The molecule has 1 N–H and O–H groups in total. The maximum atomic E-state index is 11.1. The Morgan fingerprint density at radius 2 is 1.88 bits per heavy atom. The molecule has 0 aliphatic heterocycles. The van der Waals surface area contributed by atoms with Crippen LogP contribution in [0, 0.1) is 0 Å². The number of hydrogen-bond donors (Lipinski definition) is 1. The summed E-state index contributed by atoms with van der Waals surface area (Å²) in [6.07, 6.45) is 2.35. The Morgan fingerprint density at radius 3 is 2.44 bits per heavy atom. The van der Waals surface area contributed by atoms with Gasteiger partial charge in [-0.05, 0) is 12.8 Å². The van der Waals surface area contributed by atoms with Gasteiger partial charge in [-0.1, -0.05) is 13.2 Å². The maximum absolute atomic E-state index is 11.1. The van der Waals surface area contributed by atoms with Crippen LogP contribution in [0.15, 0.2) is 25.0 Å². The number of rotatable bonds is 9. The molecular formula is C11H16O5. The minimum Gasteiger partial charge on any atom is -0.502 e. The van der Waals surface area contributed by atoms with E-state index in [9.17, 15) is 9.59 Å². The Hall–Kier alpha value is -1.78. The SMILES string of the molecule is C=COCCCCOC(=O)C(=C)CC(=O)O. The highest BCUT2D eigenvalue weighted by atomic mass is 16.5. The monoisotopic (exact) mass is 228 g/mol. The summed E-state index contributed by atoms with van der Waals surface area (Å²) in [5.74, 6) is -1.76. The molecule has 0 heterocycles. The molecule has 0 spiro atoms. The molecule has 0 aromatic rings. The zero-order chi connectivity index (χ0) is 12.4. The first-order chi connectivity index (χ1) is 7.57. The molecule has 0 aromatic carbocycles.